The third-order valence-electron chi connectivity index (χ3n) is 2.18. The Hall–Kier alpha value is -0.120. The van der Waals surface area contributed by atoms with Gasteiger partial charge in [0.1, 0.15) is 0 Å². The van der Waals surface area contributed by atoms with Crippen LogP contribution in [0.2, 0.25) is 0 Å². The van der Waals surface area contributed by atoms with Crippen LogP contribution in [0, 0.1) is 0 Å². The lowest BCUT2D eigenvalue weighted by atomic mass is 9.80. The van der Waals surface area contributed by atoms with Gasteiger partial charge in [-0.25, -0.2) is 0 Å². The zero-order chi connectivity index (χ0) is 8.32. The molecule has 0 aromatic heterocycles. The number of hydrogen-bond donors (Lipinski definition) is 3. The molecule has 0 saturated heterocycles. The van der Waals surface area contributed by atoms with Gasteiger partial charge in [0.05, 0.1) is 11.7 Å². The van der Waals surface area contributed by atoms with Crippen molar-refractivity contribution in [2.75, 3.05) is 13.1 Å². The van der Waals surface area contributed by atoms with Gasteiger partial charge in [0.15, 0.2) is 0 Å². The Morgan fingerprint density at radius 2 is 2.18 bits per heavy atom. The zero-order valence-electron chi connectivity index (χ0n) is 7.01. The van der Waals surface area contributed by atoms with Gasteiger partial charge in [-0.2, -0.15) is 0 Å². The molecule has 0 radical (unpaired) electrons. The molecule has 1 aliphatic rings. The Kier molecular flexibility index (Phi) is 2.87. The Balaban J connectivity index is 2.02. The predicted molar refractivity (Wildman–Crippen MR) is 43.4 cm³/mol. The molecule has 1 atom stereocenters. The maximum atomic E-state index is 9.58. The second-order valence-corrected chi connectivity index (χ2v) is 3.56. The highest BCUT2D eigenvalue weighted by Gasteiger charge is 2.33. The lowest BCUT2D eigenvalue weighted by Gasteiger charge is -2.36. The highest BCUT2D eigenvalue weighted by molar-refractivity contribution is 4.89. The third-order valence-corrected chi connectivity index (χ3v) is 2.18. The number of aliphatic hydroxyl groups is 2. The van der Waals surface area contributed by atoms with Gasteiger partial charge in [-0.3, -0.25) is 0 Å². The van der Waals surface area contributed by atoms with Crippen LogP contribution >= 0.6 is 0 Å². The quantitative estimate of drug-likeness (QED) is 0.535. The second-order valence-electron chi connectivity index (χ2n) is 3.56. The summed E-state index contributed by atoms with van der Waals surface area (Å²) in [7, 11) is 0. The van der Waals surface area contributed by atoms with Gasteiger partial charge < -0.3 is 15.5 Å². The van der Waals surface area contributed by atoms with Crippen molar-refractivity contribution in [1.82, 2.24) is 5.32 Å². The average Bonchev–Trinajstić information content (AvgIpc) is 1.83. The molecule has 1 fully saturated rings. The minimum Gasteiger partial charge on any atom is -0.392 e. The van der Waals surface area contributed by atoms with E-state index >= 15 is 0 Å². The van der Waals surface area contributed by atoms with Gasteiger partial charge in [-0.05, 0) is 26.2 Å². The summed E-state index contributed by atoms with van der Waals surface area (Å²) in [6.07, 6.45) is 2.62. The number of nitrogens with one attached hydrogen (secondary N) is 1. The van der Waals surface area contributed by atoms with Gasteiger partial charge in [0, 0.05) is 13.1 Å². The van der Waals surface area contributed by atoms with E-state index in [1.165, 1.54) is 0 Å². The highest BCUT2D eigenvalue weighted by atomic mass is 16.3. The van der Waals surface area contributed by atoms with E-state index in [2.05, 4.69) is 5.32 Å². The molecule has 66 valence electrons. The van der Waals surface area contributed by atoms with Crippen LogP contribution in [-0.2, 0) is 0 Å². The Morgan fingerprint density at radius 1 is 1.55 bits per heavy atom. The lowest BCUT2D eigenvalue weighted by Crippen LogP contribution is -2.47. The van der Waals surface area contributed by atoms with Crippen LogP contribution in [0.3, 0.4) is 0 Å². The molecule has 0 aromatic rings. The second kappa shape index (κ2) is 3.52. The minimum atomic E-state index is -0.463. The minimum absolute atomic E-state index is 0.321. The van der Waals surface area contributed by atoms with Crippen LogP contribution < -0.4 is 5.32 Å². The van der Waals surface area contributed by atoms with Crippen molar-refractivity contribution in [3.63, 3.8) is 0 Å². The fourth-order valence-electron chi connectivity index (χ4n) is 1.28. The monoisotopic (exact) mass is 159 g/mol. The molecule has 0 heterocycles. The molecule has 1 saturated carbocycles. The first-order chi connectivity index (χ1) is 5.12. The largest absolute Gasteiger partial charge is 0.392 e. The van der Waals surface area contributed by atoms with E-state index in [1.807, 2.05) is 0 Å². The fraction of sp³-hybridized carbons (Fsp3) is 1.00. The fourth-order valence-corrected chi connectivity index (χ4v) is 1.28. The van der Waals surface area contributed by atoms with E-state index in [0.29, 0.717) is 13.1 Å². The van der Waals surface area contributed by atoms with E-state index in [4.69, 9.17) is 5.11 Å². The molecule has 1 rings (SSSR count). The summed E-state index contributed by atoms with van der Waals surface area (Å²) in [4.78, 5) is 0. The van der Waals surface area contributed by atoms with Crippen molar-refractivity contribution in [1.29, 1.82) is 0 Å². The third kappa shape index (κ3) is 2.77. The summed E-state index contributed by atoms with van der Waals surface area (Å²) in [6.45, 7) is 2.93. The van der Waals surface area contributed by atoms with Gasteiger partial charge in [0.25, 0.3) is 0 Å². The molecular weight excluding hydrogens is 142 g/mol. The first kappa shape index (κ1) is 8.97. The predicted octanol–water partition coefficient (Wildman–Crippen LogP) is -0.128. The maximum absolute atomic E-state index is 9.58. The van der Waals surface area contributed by atoms with Crippen LogP contribution in [-0.4, -0.2) is 35.0 Å². The van der Waals surface area contributed by atoms with Crippen molar-refractivity contribution in [3.05, 3.63) is 0 Å². The van der Waals surface area contributed by atoms with E-state index in [1.54, 1.807) is 6.92 Å². The van der Waals surface area contributed by atoms with E-state index in [-0.39, 0.29) is 6.10 Å². The Bertz CT molecular complexity index is 121. The van der Waals surface area contributed by atoms with E-state index in [9.17, 15) is 5.11 Å². The molecule has 1 aliphatic carbocycles. The molecule has 0 bridgehead atoms. The van der Waals surface area contributed by atoms with Crippen LogP contribution in [0.1, 0.15) is 26.2 Å². The smallest absolute Gasteiger partial charge is 0.0771 e. The zero-order valence-corrected chi connectivity index (χ0v) is 7.01. The van der Waals surface area contributed by atoms with Crippen molar-refractivity contribution in [2.45, 2.75) is 37.9 Å². The maximum Gasteiger partial charge on any atom is 0.0771 e. The van der Waals surface area contributed by atoms with Gasteiger partial charge in [0.2, 0.25) is 0 Å². The van der Waals surface area contributed by atoms with Crippen LogP contribution in [0.5, 0.6) is 0 Å². The summed E-state index contributed by atoms with van der Waals surface area (Å²) in [5.41, 5.74) is -0.463. The summed E-state index contributed by atoms with van der Waals surface area (Å²) in [5, 5.41) is 21.5. The van der Waals surface area contributed by atoms with Gasteiger partial charge >= 0.3 is 0 Å². The van der Waals surface area contributed by atoms with Gasteiger partial charge in [-0.1, -0.05) is 0 Å². The normalized spacial score (nSPS) is 24.3. The van der Waals surface area contributed by atoms with Crippen LogP contribution in [0.4, 0.5) is 0 Å². The van der Waals surface area contributed by atoms with E-state index < -0.39 is 5.60 Å². The summed E-state index contributed by atoms with van der Waals surface area (Å²) < 4.78 is 0. The van der Waals surface area contributed by atoms with Gasteiger partial charge in [-0.15, -0.1) is 0 Å². The van der Waals surface area contributed by atoms with E-state index in [0.717, 1.165) is 19.3 Å². The van der Waals surface area contributed by atoms with Crippen molar-refractivity contribution in [2.24, 2.45) is 0 Å². The molecule has 3 nitrogen and oxygen atoms in total. The molecule has 0 aliphatic heterocycles. The number of aliphatic hydroxyl groups excluding tert-OH is 1. The van der Waals surface area contributed by atoms with Crippen molar-refractivity contribution >= 4 is 0 Å². The lowest BCUT2D eigenvalue weighted by molar-refractivity contribution is -0.0325. The first-order valence-corrected chi connectivity index (χ1v) is 4.24. The number of rotatable bonds is 4. The molecular formula is C8H17NO2. The summed E-state index contributed by atoms with van der Waals surface area (Å²) in [6, 6.07) is 0. The molecule has 0 unspecified atom stereocenters. The molecule has 3 heteroatoms. The highest BCUT2D eigenvalue weighted by Crippen LogP contribution is 2.30. The Morgan fingerprint density at radius 3 is 2.55 bits per heavy atom. The summed E-state index contributed by atoms with van der Waals surface area (Å²) in [5.74, 6) is 0. The molecule has 0 amide bonds. The number of hydrogen-bond acceptors (Lipinski definition) is 3. The average molecular weight is 159 g/mol. The molecule has 3 N–H and O–H groups in total. The Labute approximate surface area is 67.4 Å². The molecule has 11 heavy (non-hydrogen) atoms. The molecule has 0 spiro atoms. The van der Waals surface area contributed by atoms with Crippen LogP contribution in [0.25, 0.3) is 0 Å². The summed E-state index contributed by atoms with van der Waals surface area (Å²) >= 11 is 0. The molecule has 0 aromatic carbocycles. The van der Waals surface area contributed by atoms with Crippen LogP contribution in [0.15, 0.2) is 0 Å². The van der Waals surface area contributed by atoms with Crippen molar-refractivity contribution in [3.8, 4) is 0 Å². The standard InChI is InChI=1S/C8H17NO2/c1-7(10)5-9-6-8(11)3-2-4-8/h7,9-11H,2-6H2,1H3/t7-/m1/s1. The first-order valence-electron chi connectivity index (χ1n) is 4.24. The van der Waals surface area contributed by atoms with Crippen molar-refractivity contribution < 1.29 is 10.2 Å². The topological polar surface area (TPSA) is 52.5 Å². The SMILES string of the molecule is C[C@@H](O)CNCC1(O)CCC1.